The Morgan fingerprint density at radius 1 is 1.19 bits per heavy atom. The molecule has 2 aromatic carbocycles. The summed E-state index contributed by atoms with van der Waals surface area (Å²) in [4.78, 5) is 31.6. The molecule has 3 aromatic rings. The highest BCUT2D eigenvalue weighted by Crippen LogP contribution is 2.31. The lowest BCUT2D eigenvalue weighted by Gasteiger charge is -2.20. The van der Waals surface area contributed by atoms with E-state index in [4.69, 9.17) is 9.47 Å². The first-order chi connectivity index (χ1) is 17.1. The summed E-state index contributed by atoms with van der Waals surface area (Å²) in [6.07, 6.45) is 1.41. The fourth-order valence-electron chi connectivity index (χ4n) is 3.39. The third-order valence-electron chi connectivity index (χ3n) is 5.22. The highest BCUT2D eigenvalue weighted by atomic mass is 19.1. The van der Waals surface area contributed by atoms with Crippen molar-refractivity contribution in [2.24, 2.45) is 5.41 Å². The largest absolute Gasteiger partial charge is 0.489 e. The summed E-state index contributed by atoms with van der Waals surface area (Å²) in [6, 6.07) is 12.9. The fourth-order valence-corrected chi connectivity index (χ4v) is 3.39. The number of carbonyl (C=O) groups excluding carboxylic acids is 2. The number of hydrogen-bond donors (Lipinski definition) is 1. The molecule has 0 spiro atoms. The first-order valence-electron chi connectivity index (χ1n) is 11.2. The van der Waals surface area contributed by atoms with Gasteiger partial charge in [-0.25, -0.2) is 4.39 Å². The summed E-state index contributed by atoms with van der Waals surface area (Å²) in [6.45, 7) is 7.75. The Kier molecular flexibility index (Phi) is 6.93. The van der Waals surface area contributed by atoms with Crippen LogP contribution in [0.4, 0.5) is 10.1 Å². The molecule has 1 radical (unpaired) electrons. The molecule has 0 unspecified atom stereocenters. The van der Waals surface area contributed by atoms with E-state index >= 15 is 0 Å². The Morgan fingerprint density at radius 2 is 1.94 bits per heavy atom. The SMILES string of the molecule is [CH2]C(C)(C)C#Cc1ccc2c(c1)N(C)C(=O)[C@@H](NC(=O)c1cc(Oc3ccc(F)cc3)ccn1)CO2. The van der Waals surface area contributed by atoms with E-state index in [2.05, 4.69) is 29.1 Å². The zero-order chi connectivity index (χ0) is 25.9. The van der Waals surface area contributed by atoms with Crippen molar-refractivity contribution in [1.82, 2.24) is 10.3 Å². The second kappa shape index (κ2) is 10.1. The van der Waals surface area contributed by atoms with Gasteiger partial charge in [-0.15, -0.1) is 0 Å². The number of carbonyl (C=O) groups is 2. The van der Waals surface area contributed by atoms with E-state index in [1.165, 1.54) is 41.4 Å². The molecule has 8 heteroatoms. The molecule has 2 amide bonds. The number of fused-ring (bicyclic) bond motifs is 1. The molecule has 1 aromatic heterocycles. The monoisotopic (exact) mass is 486 g/mol. The molecule has 36 heavy (non-hydrogen) atoms. The van der Waals surface area contributed by atoms with E-state index in [-0.39, 0.29) is 24.0 Å². The van der Waals surface area contributed by atoms with Gasteiger partial charge < -0.3 is 19.7 Å². The molecule has 7 nitrogen and oxygen atoms in total. The van der Waals surface area contributed by atoms with Crippen molar-refractivity contribution in [2.45, 2.75) is 19.9 Å². The van der Waals surface area contributed by atoms with Crippen LogP contribution in [0, 0.1) is 30.0 Å². The first-order valence-corrected chi connectivity index (χ1v) is 11.2. The van der Waals surface area contributed by atoms with Crippen molar-refractivity contribution in [3.8, 4) is 29.1 Å². The molecule has 1 N–H and O–H groups in total. The number of pyridine rings is 1. The predicted octanol–water partition coefficient (Wildman–Crippen LogP) is 4.38. The van der Waals surface area contributed by atoms with E-state index in [0.717, 1.165) is 5.56 Å². The van der Waals surface area contributed by atoms with Crippen LogP contribution in [0.25, 0.3) is 0 Å². The van der Waals surface area contributed by atoms with Gasteiger partial charge in [-0.1, -0.05) is 11.8 Å². The van der Waals surface area contributed by atoms with Gasteiger partial charge in [0, 0.05) is 30.3 Å². The molecule has 1 aliphatic rings. The average Bonchev–Trinajstić information content (AvgIpc) is 2.96. The molecular formula is C28H25FN3O4. The molecule has 0 saturated carbocycles. The summed E-state index contributed by atoms with van der Waals surface area (Å²) in [7, 11) is 1.62. The number of hydrogen-bond acceptors (Lipinski definition) is 5. The van der Waals surface area contributed by atoms with E-state index in [1.807, 2.05) is 19.9 Å². The van der Waals surface area contributed by atoms with Crippen LogP contribution in [0.2, 0.25) is 0 Å². The zero-order valence-corrected chi connectivity index (χ0v) is 20.2. The van der Waals surface area contributed by atoms with Crippen molar-refractivity contribution >= 4 is 17.5 Å². The van der Waals surface area contributed by atoms with Crippen LogP contribution < -0.4 is 19.7 Å². The van der Waals surface area contributed by atoms with Crippen molar-refractivity contribution in [3.05, 3.63) is 84.8 Å². The summed E-state index contributed by atoms with van der Waals surface area (Å²) in [5.41, 5.74) is 0.923. The van der Waals surface area contributed by atoms with Crippen LogP contribution in [-0.2, 0) is 4.79 Å². The van der Waals surface area contributed by atoms with Crippen LogP contribution in [0.1, 0.15) is 29.9 Å². The van der Waals surface area contributed by atoms with Crippen molar-refractivity contribution in [2.75, 3.05) is 18.6 Å². The van der Waals surface area contributed by atoms with Crippen molar-refractivity contribution in [1.29, 1.82) is 0 Å². The lowest BCUT2D eigenvalue weighted by molar-refractivity contribution is -0.120. The molecule has 4 rings (SSSR count). The van der Waals surface area contributed by atoms with Gasteiger partial charge in [0.25, 0.3) is 11.8 Å². The Balaban J connectivity index is 1.48. The first kappa shape index (κ1) is 24.7. The predicted molar refractivity (Wildman–Crippen MR) is 133 cm³/mol. The lowest BCUT2D eigenvalue weighted by atomic mass is 9.97. The molecule has 0 bridgehead atoms. The Labute approximate surface area is 209 Å². The number of ether oxygens (including phenoxy) is 2. The van der Waals surface area contributed by atoms with Crippen LogP contribution in [0.5, 0.6) is 17.2 Å². The number of likely N-dealkylation sites (N-methyl/N-ethyl adjacent to an activating group) is 1. The van der Waals surface area contributed by atoms with E-state index in [9.17, 15) is 14.0 Å². The Bertz CT molecular complexity index is 1350. The quantitative estimate of drug-likeness (QED) is 0.554. The topological polar surface area (TPSA) is 80.8 Å². The Hall–Kier alpha value is -4.38. The summed E-state index contributed by atoms with van der Waals surface area (Å²) in [5.74, 6) is 6.10. The minimum absolute atomic E-state index is 0.0510. The van der Waals surface area contributed by atoms with Crippen molar-refractivity contribution < 1.29 is 23.5 Å². The summed E-state index contributed by atoms with van der Waals surface area (Å²) >= 11 is 0. The van der Waals surface area contributed by atoms with Gasteiger partial charge in [0.05, 0.1) is 5.69 Å². The van der Waals surface area contributed by atoms with Crippen LogP contribution in [-0.4, -0.2) is 36.5 Å². The minimum Gasteiger partial charge on any atom is -0.489 e. The van der Waals surface area contributed by atoms with Gasteiger partial charge in [-0.3, -0.25) is 14.6 Å². The standard InChI is InChI=1S/C28H25FN3O4/c1-28(2,3)13-11-18-5-10-25-24(15-18)32(4)27(34)23(17-35-25)31-26(33)22-16-21(12-14-30-22)36-20-8-6-19(29)7-9-20/h5-10,12,14-16,23H,1,17H2,2-4H3,(H,31,33)/t23-/m0/s1. The van der Waals surface area contributed by atoms with Crippen LogP contribution >= 0.6 is 0 Å². The molecular weight excluding hydrogens is 461 g/mol. The molecule has 1 aliphatic heterocycles. The van der Waals surface area contributed by atoms with Gasteiger partial charge in [0.2, 0.25) is 0 Å². The molecule has 1 atom stereocenters. The second-order valence-corrected chi connectivity index (χ2v) is 8.98. The molecule has 183 valence electrons. The van der Waals surface area contributed by atoms with E-state index < -0.39 is 17.4 Å². The second-order valence-electron chi connectivity index (χ2n) is 8.98. The number of rotatable bonds is 4. The lowest BCUT2D eigenvalue weighted by Crippen LogP contribution is -2.49. The Morgan fingerprint density at radius 3 is 2.67 bits per heavy atom. The van der Waals surface area contributed by atoms with Gasteiger partial charge in [-0.05, 0) is 69.3 Å². The number of nitrogens with one attached hydrogen (secondary N) is 1. The maximum absolute atomic E-state index is 13.1. The van der Waals surface area contributed by atoms with Gasteiger partial charge in [0.1, 0.15) is 41.4 Å². The smallest absolute Gasteiger partial charge is 0.270 e. The number of benzene rings is 2. The maximum atomic E-state index is 13.1. The van der Waals surface area contributed by atoms with Gasteiger partial charge >= 0.3 is 0 Å². The maximum Gasteiger partial charge on any atom is 0.270 e. The summed E-state index contributed by atoms with van der Waals surface area (Å²) < 4.78 is 24.6. The van der Waals surface area contributed by atoms with Crippen LogP contribution in [0.15, 0.2) is 60.8 Å². The molecule has 2 heterocycles. The number of anilines is 1. The third-order valence-corrected chi connectivity index (χ3v) is 5.22. The minimum atomic E-state index is -0.938. The highest BCUT2D eigenvalue weighted by Gasteiger charge is 2.31. The number of halogens is 1. The molecule has 0 aliphatic carbocycles. The van der Waals surface area contributed by atoms with Crippen LogP contribution in [0.3, 0.4) is 0 Å². The normalized spacial score (nSPS) is 15.1. The highest BCUT2D eigenvalue weighted by molar-refractivity contribution is 6.03. The third kappa shape index (κ3) is 5.99. The number of nitrogens with zero attached hydrogens (tertiary/aromatic N) is 2. The summed E-state index contributed by atoms with van der Waals surface area (Å²) in [5, 5.41) is 2.69. The molecule has 0 saturated heterocycles. The fraction of sp³-hybridized carbons (Fsp3) is 0.214. The van der Waals surface area contributed by atoms with E-state index in [1.54, 1.807) is 25.2 Å². The number of amides is 2. The average molecular weight is 487 g/mol. The zero-order valence-electron chi connectivity index (χ0n) is 20.2. The van der Waals surface area contributed by atoms with E-state index in [0.29, 0.717) is 22.9 Å². The molecule has 0 fully saturated rings. The van der Waals surface area contributed by atoms with Gasteiger partial charge in [-0.2, -0.15) is 0 Å². The number of aromatic nitrogens is 1. The van der Waals surface area contributed by atoms with Crippen molar-refractivity contribution in [3.63, 3.8) is 0 Å². The van der Waals surface area contributed by atoms with Gasteiger partial charge in [0.15, 0.2) is 0 Å².